The number of ether oxygens (including phenoxy) is 2. The Bertz CT molecular complexity index is 1540. The van der Waals surface area contributed by atoms with E-state index in [1.165, 1.54) is 32.2 Å². The highest BCUT2D eigenvalue weighted by molar-refractivity contribution is 5.99. The molecule has 0 aliphatic heterocycles. The molecule has 334 valence electrons. The van der Waals surface area contributed by atoms with Gasteiger partial charge in [-0.1, -0.05) is 71.2 Å². The minimum atomic E-state index is -1.17. The van der Waals surface area contributed by atoms with Gasteiger partial charge in [0, 0.05) is 44.2 Å². The number of amides is 3. The van der Waals surface area contributed by atoms with Crippen LogP contribution >= 0.6 is 0 Å². The van der Waals surface area contributed by atoms with Crippen LogP contribution in [-0.2, 0) is 44.7 Å². The molecule has 1 aromatic rings. The molecule has 6 atom stereocenters. The van der Waals surface area contributed by atoms with Crippen LogP contribution in [0.2, 0.25) is 0 Å². The number of carboxylic acid groups (broad SMARTS) is 1. The number of benzene rings is 1. The van der Waals surface area contributed by atoms with Crippen molar-refractivity contribution < 1.29 is 48.1 Å². The average Bonchev–Trinajstić information content (AvgIpc) is 3.12. The maximum absolute atomic E-state index is 13.8. The molecule has 0 saturated carbocycles. The zero-order valence-corrected chi connectivity index (χ0v) is 38.2. The number of aryl methyl sites for hydroxylation is 1. The fraction of sp³-hybridized carbons (Fsp3) is 0.717. The van der Waals surface area contributed by atoms with E-state index in [4.69, 9.17) is 9.47 Å². The van der Waals surface area contributed by atoms with Crippen molar-refractivity contribution in [3.63, 3.8) is 0 Å². The van der Waals surface area contributed by atoms with E-state index in [0.717, 1.165) is 31.2 Å². The summed E-state index contributed by atoms with van der Waals surface area (Å²) in [6, 6.07) is 4.27. The maximum atomic E-state index is 13.8. The number of rotatable bonds is 27. The Morgan fingerprint density at radius 2 is 1.37 bits per heavy atom. The Morgan fingerprint density at radius 3 is 1.90 bits per heavy atom. The van der Waals surface area contributed by atoms with E-state index in [-0.39, 0.29) is 50.4 Å². The molecule has 0 fully saturated rings. The molecule has 0 radical (unpaired) electrons. The van der Waals surface area contributed by atoms with Crippen LogP contribution in [0, 0.1) is 17.8 Å². The summed E-state index contributed by atoms with van der Waals surface area (Å²) in [5, 5.41) is 14.8. The molecule has 0 spiro atoms. The Balaban J connectivity index is 3.03. The lowest BCUT2D eigenvalue weighted by atomic mass is 9.94. The second-order valence-electron chi connectivity index (χ2n) is 18.4. The van der Waals surface area contributed by atoms with Crippen molar-refractivity contribution in [3.8, 4) is 0 Å². The van der Waals surface area contributed by atoms with Crippen molar-refractivity contribution in [2.24, 2.45) is 17.8 Å². The standard InChI is InChI=1S/C46H75N3O10/c1-14-15-16-17-18-33-19-21-34(22-20-33)38(51)27-35(28-58-45(7,8)9)43(55)47-31(5)37(50)23-24-40(53)49(13)41(32(6)59-46(10,11)12)39(52)26-30(4)42(54)48-36(44(56)57)25-29(2)3/h19-22,29-32,35-36,41H,14-18,23-28H2,1-13H3,(H,47,55)(H,48,54)(H,56,57)/t30-,31-,32?,35-,36+,41+/m1/s1. The molecule has 0 saturated heterocycles. The van der Waals surface area contributed by atoms with Crippen LogP contribution in [0.4, 0.5) is 0 Å². The van der Waals surface area contributed by atoms with Crippen LogP contribution < -0.4 is 10.6 Å². The number of hydrogen-bond donors (Lipinski definition) is 3. The summed E-state index contributed by atoms with van der Waals surface area (Å²) in [6.45, 7) is 21.5. The quantitative estimate of drug-likeness (QED) is 0.0622. The van der Waals surface area contributed by atoms with Crippen molar-refractivity contribution in [3.05, 3.63) is 35.4 Å². The smallest absolute Gasteiger partial charge is 0.326 e. The van der Waals surface area contributed by atoms with E-state index in [2.05, 4.69) is 17.6 Å². The predicted octanol–water partition coefficient (Wildman–Crippen LogP) is 6.91. The first kappa shape index (κ1) is 53.0. The lowest BCUT2D eigenvalue weighted by Crippen LogP contribution is -2.52. The first-order chi connectivity index (χ1) is 27.3. The number of unbranched alkanes of at least 4 members (excludes halogenated alkanes) is 3. The van der Waals surface area contributed by atoms with Gasteiger partial charge in [-0.25, -0.2) is 4.79 Å². The first-order valence-electron chi connectivity index (χ1n) is 21.3. The summed E-state index contributed by atoms with van der Waals surface area (Å²) in [4.78, 5) is 93.5. The van der Waals surface area contributed by atoms with Gasteiger partial charge in [0.1, 0.15) is 12.1 Å². The number of hydrogen-bond acceptors (Lipinski definition) is 9. The Hall–Kier alpha value is -3.97. The van der Waals surface area contributed by atoms with E-state index in [0.29, 0.717) is 5.56 Å². The number of nitrogens with zero attached hydrogens (tertiary/aromatic N) is 1. The molecule has 13 heteroatoms. The topological polar surface area (TPSA) is 185 Å². The minimum Gasteiger partial charge on any atom is -0.480 e. The maximum Gasteiger partial charge on any atom is 0.326 e. The summed E-state index contributed by atoms with van der Waals surface area (Å²) >= 11 is 0. The Labute approximate surface area is 353 Å². The van der Waals surface area contributed by atoms with E-state index < -0.39 is 82.5 Å². The summed E-state index contributed by atoms with van der Waals surface area (Å²) in [5.41, 5.74) is 0.384. The van der Waals surface area contributed by atoms with Gasteiger partial charge in [-0.15, -0.1) is 0 Å². The number of ketones is 3. The first-order valence-corrected chi connectivity index (χ1v) is 21.3. The van der Waals surface area contributed by atoms with Crippen LogP contribution in [0.5, 0.6) is 0 Å². The van der Waals surface area contributed by atoms with E-state index in [9.17, 15) is 38.7 Å². The third-order valence-corrected chi connectivity index (χ3v) is 9.94. The molecule has 1 rings (SSSR count). The van der Waals surface area contributed by atoms with E-state index in [1.54, 1.807) is 39.8 Å². The molecular weight excluding hydrogens is 755 g/mol. The van der Waals surface area contributed by atoms with Gasteiger partial charge in [-0.05, 0) is 86.1 Å². The van der Waals surface area contributed by atoms with Crippen LogP contribution in [-0.4, -0.2) is 100 Å². The molecule has 0 aromatic heterocycles. The number of carboxylic acids is 1. The van der Waals surface area contributed by atoms with Gasteiger partial charge in [0.05, 0.1) is 35.9 Å². The second kappa shape index (κ2) is 25.0. The van der Waals surface area contributed by atoms with E-state index in [1.807, 2.05) is 46.8 Å². The third-order valence-electron chi connectivity index (χ3n) is 9.94. The highest BCUT2D eigenvalue weighted by Gasteiger charge is 2.37. The average molecular weight is 830 g/mol. The zero-order valence-electron chi connectivity index (χ0n) is 38.2. The van der Waals surface area contributed by atoms with Gasteiger partial charge in [0.2, 0.25) is 17.7 Å². The van der Waals surface area contributed by atoms with Crippen molar-refractivity contribution in [1.82, 2.24) is 15.5 Å². The van der Waals surface area contributed by atoms with Crippen molar-refractivity contribution >= 4 is 41.0 Å². The summed E-state index contributed by atoms with van der Waals surface area (Å²) in [7, 11) is 1.44. The molecule has 0 aliphatic rings. The highest BCUT2D eigenvalue weighted by Crippen LogP contribution is 2.22. The van der Waals surface area contributed by atoms with Crippen molar-refractivity contribution in [2.45, 2.75) is 183 Å². The number of carbonyl (C=O) groups is 7. The molecule has 1 aromatic carbocycles. The van der Waals surface area contributed by atoms with Crippen LogP contribution in [0.15, 0.2) is 24.3 Å². The second-order valence-corrected chi connectivity index (χ2v) is 18.4. The number of Topliss-reactive ketones (excluding diaryl/α,β-unsaturated/α-hetero) is 3. The Kier molecular flexibility index (Phi) is 22.4. The van der Waals surface area contributed by atoms with Gasteiger partial charge < -0.3 is 30.1 Å². The predicted molar refractivity (Wildman–Crippen MR) is 229 cm³/mol. The van der Waals surface area contributed by atoms with Crippen LogP contribution in [0.25, 0.3) is 0 Å². The van der Waals surface area contributed by atoms with Gasteiger partial charge >= 0.3 is 5.97 Å². The molecule has 0 aliphatic carbocycles. The third kappa shape index (κ3) is 20.7. The Morgan fingerprint density at radius 1 is 0.763 bits per heavy atom. The van der Waals surface area contributed by atoms with Crippen LogP contribution in [0.1, 0.15) is 157 Å². The number of aliphatic carboxylic acids is 1. The minimum absolute atomic E-state index is 0.0121. The largest absolute Gasteiger partial charge is 0.480 e. The molecule has 13 nitrogen and oxygen atoms in total. The number of carbonyl (C=O) groups excluding carboxylic acids is 6. The molecule has 0 bridgehead atoms. The molecule has 1 unspecified atom stereocenters. The summed E-state index contributed by atoms with van der Waals surface area (Å²) in [5.74, 6) is -5.65. The van der Waals surface area contributed by atoms with E-state index >= 15 is 0 Å². The fourth-order valence-corrected chi connectivity index (χ4v) is 6.66. The molecule has 3 N–H and O–H groups in total. The summed E-state index contributed by atoms with van der Waals surface area (Å²) in [6.07, 6.45) is 4.04. The zero-order chi connectivity index (χ0) is 45.2. The monoisotopic (exact) mass is 830 g/mol. The highest BCUT2D eigenvalue weighted by atomic mass is 16.5. The number of nitrogens with one attached hydrogen (secondary N) is 2. The molecule has 59 heavy (non-hydrogen) atoms. The lowest BCUT2D eigenvalue weighted by molar-refractivity contribution is -0.150. The van der Waals surface area contributed by atoms with Gasteiger partial charge in [-0.3, -0.25) is 28.8 Å². The summed E-state index contributed by atoms with van der Waals surface area (Å²) < 4.78 is 12.0. The van der Waals surface area contributed by atoms with Crippen molar-refractivity contribution in [1.29, 1.82) is 0 Å². The van der Waals surface area contributed by atoms with Gasteiger partial charge in [0.25, 0.3) is 0 Å². The molecular formula is C46H75N3O10. The van der Waals surface area contributed by atoms with Gasteiger partial charge in [0.15, 0.2) is 17.3 Å². The van der Waals surface area contributed by atoms with Gasteiger partial charge in [-0.2, -0.15) is 0 Å². The fourth-order valence-electron chi connectivity index (χ4n) is 6.66. The molecule has 3 amide bonds. The normalized spacial score (nSPS) is 15.0. The van der Waals surface area contributed by atoms with Crippen LogP contribution in [0.3, 0.4) is 0 Å². The van der Waals surface area contributed by atoms with Crippen molar-refractivity contribution in [2.75, 3.05) is 13.7 Å². The SMILES string of the molecule is CCCCCCc1ccc(C(=O)C[C@H](COC(C)(C)C)C(=O)N[C@H](C)C(=O)CCC(=O)N(C)[C@H](C(=O)C[C@@H](C)C(=O)N[C@@H](CC(C)C)C(=O)O)C(C)OC(C)(C)C)cc1. The molecule has 0 heterocycles. The number of likely N-dealkylation sites (N-methyl/N-ethyl adjacent to an activating group) is 1. The lowest BCUT2D eigenvalue weighted by Gasteiger charge is -2.36.